The first-order valence-electron chi connectivity index (χ1n) is 10.1. The van der Waals surface area contributed by atoms with Gasteiger partial charge in [-0.15, -0.1) is 0 Å². The maximum atomic E-state index is 13.1. The average Bonchev–Trinajstić information content (AvgIpc) is 3.25. The minimum absolute atomic E-state index is 0.0858. The fraction of sp³-hybridized carbons (Fsp3) is 0.208. The number of pyridine rings is 1. The van der Waals surface area contributed by atoms with Crippen LogP contribution in [0.25, 0.3) is 0 Å². The molecule has 8 nitrogen and oxygen atoms in total. The Labute approximate surface area is 184 Å². The van der Waals surface area contributed by atoms with Crippen molar-refractivity contribution in [2.45, 2.75) is 19.9 Å². The highest BCUT2D eigenvalue weighted by Crippen LogP contribution is 2.32. The first kappa shape index (κ1) is 21.2. The molecule has 1 aliphatic heterocycles. The third kappa shape index (κ3) is 4.49. The first-order chi connectivity index (χ1) is 15.4. The second kappa shape index (κ2) is 8.97. The molecule has 4 rings (SSSR count). The Hall–Kier alpha value is -4.07. The molecule has 0 atom stereocenters. The summed E-state index contributed by atoms with van der Waals surface area (Å²) >= 11 is 0. The number of nitrogens with one attached hydrogen (secondary N) is 2. The predicted molar refractivity (Wildman–Crippen MR) is 119 cm³/mol. The van der Waals surface area contributed by atoms with Crippen molar-refractivity contribution in [1.29, 1.82) is 0 Å². The molecule has 8 heteroatoms. The van der Waals surface area contributed by atoms with E-state index in [1.54, 1.807) is 56.6 Å². The van der Waals surface area contributed by atoms with Crippen molar-refractivity contribution in [2.75, 3.05) is 19.2 Å². The molecule has 0 bridgehead atoms. The molecule has 0 radical (unpaired) electrons. The summed E-state index contributed by atoms with van der Waals surface area (Å²) in [6, 6.07) is 14.2. The Bertz CT molecular complexity index is 1230. The standard InChI is InChI=1S/C24H23N3O5/c1-15-9-10-27(13-17-5-8-19-20(11-17)32-14-31-19)24(30)22(15)23(29)26-18-6-3-16(4-7-18)12-21(28)25-2/h3-11H,12-14H2,1-2H3,(H,25,28)(H,26,29). The number of aromatic nitrogens is 1. The van der Waals surface area contributed by atoms with Gasteiger partial charge in [-0.25, -0.2) is 0 Å². The van der Waals surface area contributed by atoms with Gasteiger partial charge in [-0.3, -0.25) is 14.4 Å². The number of benzene rings is 2. The normalized spacial score (nSPS) is 11.8. The van der Waals surface area contributed by atoms with Crippen LogP contribution < -0.4 is 25.7 Å². The van der Waals surface area contributed by atoms with Gasteiger partial charge < -0.3 is 24.7 Å². The number of likely N-dealkylation sites (N-methyl/N-ethyl adjacent to an activating group) is 1. The Morgan fingerprint density at radius 1 is 1.00 bits per heavy atom. The molecule has 0 unspecified atom stereocenters. The quantitative estimate of drug-likeness (QED) is 0.622. The second-order valence-corrected chi connectivity index (χ2v) is 7.50. The van der Waals surface area contributed by atoms with Crippen molar-refractivity contribution in [2.24, 2.45) is 0 Å². The molecule has 2 amide bonds. The summed E-state index contributed by atoms with van der Waals surface area (Å²) in [6.07, 6.45) is 1.93. The van der Waals surface area contributed by atoms with Crippen LogP contribution >= 0.6 is 0 Å². The van der Waals surface area contributed by atoms with E-state index < -0.39 is 5.91 Å². The largest absolute Gasteiger partial charge is 0.454 e. The Morgan fingerprint density at radius 2 is 1.72 bits per heavy atom. The second-order valence-electron chi connectivity index (χ2n) is 7.50. The summed E-state index contributed by atoms with van der Waals surface area (Å²) in [7, 11) is 1.58. The number of ether oxygens (including phenoxy) is 2. The summed E-state index contributed by atoms with van der Waals surface area (Å²) in [6.45, 7) is 2.21. The van der Waals surface area contributed by atoms with Crippen LogP contribution in [-0.4, -0.2) is 30.2 Å². The van der Waals surface area contributed by atoms with E-state index in [-0.39, 0.29) is 30.2 Å². The molecular weight excluding hydrogens is 410 g/mol. The molecule has 1 aromatic heterocycles. The van der Waals surface area contributed by atoms with Gasteiger partial charge in [-0.1, -0.05) is 18.2 Å². The molecule has 2 heterocycles. The molecule has 164 valence electrons. The van der Waals surface area contributed by atoms with Crippen molar-refractivity contribution in [1.82, 2.24) is 9.88 Å². The van der Waals surface area contributed by atoms with Gasteiger partial charge >= 0.3 is 0 Å². The number of amides is 2. The van der Waals surface area contributed by atoms with Crippen molar-refractivity contribution >= 4 is 17.5 Å². The molecule has 0 saturated carbocycles. The van der Waals surface area contributed by atoms with Gasteiger partial charge in [-0.05, 0) is 53.9 Å². The molecule has 0 aliphatic carbocycles. The Balaban J connectivity index is 1.52. The number of anilines is 1. The lowest BCUT2D eigenvalue weighted by Gasteiger charge is -2.12. The van der Waals surface area contributed by atoms with Crippen molar-refractivity contribution in [3.63, 3.8) is 0 Å². The molecule has 2 N–H and O–H groups in total. The van der Waals surface area contributed by atoms with E-state index in [1.165, 1.54) is 4.57 Å². The lowest BCUT2D eigenvalue weighted by atomic mass is 10.1. The van der Waals surface area contributed by atoms with Crippen molar-refractivity contribution in [3.05, 3.63) is 87.3 Å². The van der Waals surface area contributed by atoms with E-state index in [2.05, 4.69) is 10.6 Å². The van der Waals surface area contributed by atoms with Crippen LogP contribution in [0.1, 0.15) is 27.0 Å². The van der Waals surface area contributed by atoms with Crippen LogP contribution in [-0.2, 0) is 17.8 Å². The van der Waals surface area contributed by atoms with Gasteiger partial charge in [0, 0.05) is 18.9 Å². The third-order valence-corrected chi connectivity index (χ3v) is 5.25. The summed E-state index contributed by atoms with van der Waals surface area (Å²) in [5, 5.41) is 5.34. The van der Waals surface area contributed by atoms with Gasteiger partial charge in [0.1, 0.15) is 5.56 Å². The average molecular weight is 433 g/mol. The van der Waals surface area contributed by atoms with Crippen LogP contribution in [0.5, 0.6) is 11.5 Å². The molecule has 3 aromatic rings. The number of rotatable bonds is 6. The number of carbonyl (C=O) groups is 2. The van der Waals surface area contributed by atoms with Crippen molar-refractivity contribution < 1.29 is 19.1 Å². The first-order valence-corrected chi connectivity index (χ1v) is 10.1. The molecule has 0 saturated heterocycles. The minimum Gasteiger partial charge on any atom is -0.454 e. The number of hydrogen-bond acceptors (Lipinski definition) is 5. The number of nitrogens with zero attached hydrogens (tertiary/aromatic N) is 1. The molecule has 2 aromatic carbocycles. The van der Waals surface area contributed by atoms with Gasteiger partial charge in [0.25, 0.3) is 11.5 Å². The fourth-order valence-electron chi connectivity index (χ4n) is 3.48. The van der Waals surface area contributed by atoms with Gasteiger partial charge in [-0.2, -0.15) is 0 Å². The van der Waals surface area contributed by atoms with E-state index in [9.17, 15) is 14.4 Å². The maximum absolute atomic E-state index is 13.1. The highest BCUT2D eigenvalue weighted by Gasteiger charge is 2.18. The number of hydrogen-bond donors (Lipinski definition) is 2. The van der Waals surface area contributed by atoms with Crippen LogP contribution in [0.3, 0.4) is 0 Å². The van der Waals surface area contributed by atoms with Crippen LogP contribution in [0.2, 0.25) is 0 Å². The van der Waals surface area contributed by atoms with Crippen LogP contribution in [0.4, 0.5) is 5.69 Å². The molecule has 1 aliphatic rings. The Morgan fingerprint density at radius 3 is 2.47 bits per heavy atom. The SMILES string of the molecule is CNC(=O)Cc1ccc(NC(=O)c2c(C)ccn(Cc3ccc4c(c3)OCO4)c2=O)cc1. The summed E-state index contributed by atoms with van der Waals surface area (Å²) in [4.78, 5) is 37.5. The third-order valence-electron chi connectivity index (χ3n) is 5.25. The Kier molecular flexibility index (Phi) is 5.93. The van der Waals surface area contributed by atoms with Gasteiger partial charge in [0.15, 0.2) is 11.5 Å². The lowest BCUT2D eigenvalue weighted by molar-refractivity contribution is -0.119. The maximum Gasteiger partial charge on any atom is 0.263 e. The minimum atomic E-state index is -0.480. The monoisotopic (exact) mass is 433 g/mol. The smallest absolute Gasteiger partial charge is 0.263 e. The van der Waals surface area contributed by atoms with E-state index in [4.69, 9.17) is 9.47 Å². The van der Waals surface area contributed by atoms with Crippen LogP contribution in [0, 0.1) is 6.92 Å². The van der Waals surface area contributed by atoms with E-state index in [1.807, 2.05) is 12.1 Å². The highest BCUT2D eigenvalue weighted by atomic mass is 16.7. The zero-order valence-corrected chi connectivity index (χ0v) is 17.8. The summed E-state index contributed by atoms with van der Waals surface area (Å²) < 4.78 is 12.2. The molecule has 32 heavy (non-hydrogen) atoms. The molecular formula is C24H23N3O5. The zero-order chi connectivity index (χ0) is 22.7. The van der Waals surface area contributed by atoms with Gasteiger partial charge in [0.2, 0.25) is 12.7 Å². The fourth-order valence-corrected chi connectivity index (χ4v) is 3.48. The van der Waals surface area contributed by atoms with E-state index in [0.717, 1.165) is 11.1 Å². The number of carbonyl (C=O) groups excluding carboxylic acids is 2. The highest BCUT2D eigenvalue weighted by molar-refractivity contribution is 6.05. The van der Waals surface area contributed by atoms with Crippen molar-refractivity contribution in [3.8, 4) is 11.5 Å². The topological polar surface area (TPSA) is 98.7 Å². The molecule has 0 fully saturated rings. The number of fused-ring (bicyclic) bond motifs is 1. The number of aryl methyl sites for hydroxylation is 1. The van der Waals surface area contributed by atoms with Crippen LogP contribution in [0.15, 0.2) is 59.5 Å². The molecule has 0 spiro atoms. The van der Waals surface area contributed by atoms with Gasteiger partial charge in [0.05, 0.1) is 13.0 Å². The zero-order valence-electron chi connectivity index (χ0n) is 17.8. The predicted octanol–water partition coefficient (Wildman–Crippen LogP) is 2.47. The van der Waals surface area contributed by atoms with E-state index >= 15 is 0 Å². The summed E-state index contributed by atoms with van der Waals surface area (Å²) in [5.74, 6) is 0.739. The summed E-state index contributed by atoms with van der Waals surface area (Å²) in [5.41, 5.74) is 2.52. The van der Waals surface area contributed by atoms with E-state index in [0.29, 0.717) is 29.3 Å². The lowest BCUT2D eigenvalue weighted by Crippen LogP contribution is -2.30.